The average molecular weight is 480 g/mol. The van der Waals surface area contributed by atoms with E-state index in [-0.39, 0.29) is 16.7 Å². The fraction of sp³-hybridized carbons (Fsp3) is 0.759. The van der Waals surface area contributed by atoms with Crippen LogP contribution in [0.3, 0.4) is 0 Å². The number of fused-ring (bicyclic) bond motifs is 6. The molecule has 0 bridgehead atoms. The third kappa shape index (κ3) is 3.61. The number of pyridine rings is 1. The van der Waals surface area contributed by atoms with Gasteiger partial charge in [-0.05, 0) is 105 Å². The van der Waals surface area contributed by atoms with Gasteiger partial charge in [0.05, 0.1) is 30.1 Å². The Morgan fingerprint density at radius 3 is 2.80 bits per heavy atom. The summed E-state index contributed by atoms with van der Waals surface area (Å²) in [5.41, 5.74) is 0.692. The van der Waals surface area contributed by atoms with Crippen molar-refractivity contribution in [3.8, 4) is 0 Å². The highest BCUT2D eigenvalue weighted by Gasteiger charge is 2.63. The Morgan fingerprint density at radius 1 is 1.11 bits per heavy atom. The molecule has 4 aliphatic rings. The summed E-state index contributed by atoms with van der Waals surface area (Å²) in [6.45, 7) is 5.62. The summed E-state index contributed by atoms with van der Waals surface area (Å²) in [5, 5.41) is 16.4. The molecule has 4 saturated carbocycles. The van der Waals surface area contributed by atoms with Crippen LogP contribution in [0.2, 0.25) is 0 Å². The minimum atomic E-state index is -0.533. The van der Waals surface area contributed by atoms with Crippen LogP contribution in [0.15, 0.2) is 24.7 Å². The molecule has 35 heavy (non-hydrogen) atoms. The van der Waals surface area contributed by atoms with Crippen molar-refractivity contribution in [1.29, 1.82) is 0 Å². The predicted molar refractivity (Wildman–Crippen MR) is 135 cm³/mol. The number of ketones is 1. The molecule has 0 unspecified atom stereocenters. The summed E-state index contributed by atoms with van der Waals surface area (Å²) in [7, 11) is 1.86. The number of ether oxygens (including phenoxy) is 1. The number of Topliss-reactive ketones (excluding diaryl/α,β-unsaturated/α-hetero) is 1. The fourth-order valence-electron chi connectivity index (χ4n) is 9.61. The normalized spacial score (nSPS) is 42.9. The molecule has 2 aromatic rings. The molecule has 8 atom stereocenters. The monoisotopic (exact) mass is 479 g/mol. The maximum Gasteiger partial charge on any atom is 0.157 e. The van der Waals surface area contributed by atoms with Crippen molar-refractivity contribution in [2.45, 2.75) is 83.8 Å². The van der Waals surface area contributed by atoms with Crippen molar-refractivity contribution in [3.63, 3.8) is 0 Å². The first kappa shape index (κ1) is 23.6. The van der Waals surface area contributed by atoms with Crippen LogP contribution in [-0.4, -0.2) is 45.0 Å². The molecule has 6 nitrogen and oxygen atoms in total. The third-order valence-electron chi connectivity index (χ3n) is 11.2. The molecule has 6 heteroatoms. The van der Waals surface area contributed by atoms with Crippen molar-refractivity contribution in [3.05, 3.63) is 24.7 Å². The summed E-state index contributed by atoms with van der Waals surface area (Å²) in [6.07, 6.45) is 15.2. The number of hydrogen-bond acceptors (Lipinski definition) is 5. The maximum atomic E-state index is 13.7. The van der Waals surface area contributed by atoms with E-state index in [0.29, 0.717) is 36.0 Å². The minimum Gasteiger partial charge on any atom is -0.390 e. The lowest BCUT2D eigenvalue weighted by Gasteiger charge is -2.62. The zero-order chi connectivity index (χ0) is 24.4. The van der Waals surface area contributed by atoms with Gasteiger partial charge in [0.1, 0.15) is 6.54 Å². The summed E-state index contributed by atoms with van der Waals surface area (Å²) in [4.78, 5) is 18.0. The molecule has 2 heterocycles. The molecule has 2 aromatic heterocycles. The summed E-state index contributed by atoms with van der Waals surface area (Å²) < 4.78 is 7.74. The Hall–Kier alpha value is -1.79. The number of aliphatic hydroxyl groups is 1. The lowest BCUT2D eigenvalue weighted by Crippen LogP contribution is -2.58. The van der Waals surface area contributed by atoms with Crippen LogP contribution in [0, 0.1) is 40.4 Å². The molecule has 0 aromatic carbocycles. The van der Waals surface area contributed by atoms with Gasteiger partial charge in [0.15, 0.2) is 5.78 Å². The quantitative estimate of drug-likeness (QED) is 0.650. The van der Waals surface area contributed by atoms with Crippen LogP contribution < -0.4 is 0 Å². The standard InChI is InChI=1S/C29H41N3O3/c1-27(34)11-12-29(18-35-3)20(14-27)4-5-21-22-6-7-24(28(22,2)10-8-23(21)29)26(33)17-32-25-16-30-13-9-19(25)15-31-32/h9,13,15-16,20-24,34H,4-8,10-12,14,17-18H2,1-3H3/t20-,21-,22-,23-,24+,27+,28-,29+/m0/s1. The van der Waals surface area contributed by atoms with Gasteiger partial charge in [-0.15, -0.1) is 0 Å². The van der Waals surface area contributed by atoms with E-state index in [9.17, 15) is 9.90 Å². The van der Waals surface area contributed by atoms with Crippen molar-refractivity contribution in [2.24, 2.45) is 40.4 Å². The van der Waals surface area contributed by atoms with Crippen LogP contribution in [0.4, 0.5) is 0 Å². The average Bonchev–Trinajstić information content (AvgIpc) is 3.40. The third-order valence-corrected chi connectivity index (χ3v) is 11.2. The first-order chi connectivity index (χ1) is 16.8. The molecular formula is C29H41N3O3. The molecule has 190 valence electrons. The molecule has 0 aliphatic heterocycles. The molecule has 4 fully saturated rings. The second-order valence-corrected chi connectivity index (χ2v) is 12.9. The number of nitrogens with zero attached hydrogens (tertiary/aromatic N) is 3. The molecule has 0 amide bonds. The predicted octanol–water partition coefficient (Wildman–Crippen LogP) is 5.04. The highest BCUT2D eigenvalue weighted by atomic mass is 16.5. The second kappa shape index (κ2) is 8.37. The Kier molecular flexibility index (Phi) is 5.65. The van der Waals surface area contributed by atoms with E-state index in [4.69, 9.17) is 4.74 Å². The largest absolute Gasteiger partial charge is 0.390 e. The first-order valence-electron chi connectivity index (χ1n) is 13.8. The minimum absolute atomic E-state index is 0.0840. The van der Waals surface area contributed by atoms with Crippen LogP contribution in [0.25, 0.3) is 10.9 Å². The van der Waals surface area contributed by atoms with E-state index < -0.39 is 5.60 Å². The zero-order valence-corrected chi connectivity index (χ0v) is 21.6. The molecule has 0 radical (unpaired) electrons. The lowest BCUT2D eigenvalue weighted by molar-refractivity contribution is -0.175. The number of aromatic nitrogens is 3. The molecule has 6 rings (SSSR count). The van der Waals surface area contributed by atoms with E-state index >= 15 is 0 Å². The van der Waals surface area contributed by atoms with Gasteiger partial charge in [-0.2, -0.15) is 5.10 Å². The van der Waals surface area contributed by atoms with Gasteiger partial charge in [-0.3, -0.25) is 14.5 Å². The number of hydrogen-bond donors (Lipinski definition) is 1. The van der Waals surface area contributed by atoms with Crippen LogP contribution >= 0.6 is 0 Å². The van der Waals surface area contributed by atoms with Crippen molar-refractivity contribution in [2.75, 3.05) is 13.7 Å². The van der Waals surface area contributed by atoms with Gasteiger partial charge in [-0.1, -0.05) is 6.92 Å². The van der Waals surface area contributed by atoms with Gasteiger partial charge < -0.3 is 9.84 Å². The van der Waals surface area contributed by atoms with Crippen LogP contribution in [-0.2, 0) is 16.1 Å². The van der Waals surface area contributed by atoms with Gasteiger partial charge in [0.25, 0.3) is 0 Å². The number of carbonyl (C=O) groups excluding carboxylic acids is 1. The van der Waals surface area contributed by atoms with Crippen molar-refractivity contribution < 1.29 is 14.6 Å². The topological polar surface area (TPSA) is 77.2 Å². The van der Waals surface area contributed by atoms with Gasteiger partial charge >= 0.3 is 0 Å². The summed E-state index contributed by atoms with van der Waals surface area (Å²) in [5.74, 6) is 2.96. The molecule has 4 aliphatic carbocycles. The zero-order valence-electron chi connectivity index (χ0n) is 21.6. The number of carbonyl (C=O) groups is 1. The van der Waals surface area contributed by atoms with Crippen molar-refractivity contribution >= 4 is 16.7 Å². The van der Waals surface area contributed by atoms with Gasteiger partial charge in [-0.25, -0.2) is 0 Å². The molecular weight excluding hydrogens is 438 g/mol. The highest BCUT2D eigenvalue weighted by Crippen LogP contribution is 2.68. The summed E-state index contributed by atoms with van der Waals surface area (Å²) in [6, 6.07) is 1.95. The Labute approximate surface area is 208 Å². The maximum absolute atomic E-state index is 13.7. The first-order valence-corrected chi connectivity index (χ1v) is 13.8. The number of methoxy groups -OCH3 is 1. The van der Waals surface area contributed by atoms with Gasteiger partial charge in [0.2, 0.25) is 0 Å². The van der Waals surface area contributed by atoms with Crippen LogP contribution in [0.5, 0.6) is 0 Å². The Balaban J connectivity index is 1.24. The molecule has 0 saturated heterocycles. The van der Waals surface area contributed by atoms with Gasteiger partial charge in [0, 0.05) is 24.6 Å². The second-order valence-electron chi connectivity index (χ2n) is 12.9. The van der Waals surface area contributed by atoms with E-state index in [0.717, 1.165) is 49.6 Å². The van der Waals surface area contributed by atoms with Crippen LogP contribution in [0.1, 0.15) is 71.6 Å². The SMILES string of the molecule is COC[C@]12CC[C@@](C)(O)C[C@@H]1CC[C@H]1[C@@H]3CC[C@H](C(=O)Cn4ncc5ccncc54)[C@@]3(C)CC[C@@H]12. The van der Waals surface area contributed by atoms with E-state index in [1.165, 1.54) is 25.7 Å². The molecule has 1 N–H and O–H groups in total. The summed E-state index contributed by atoms with van der Waals surface area (Å²) >= 11 is 0. The van der Waals surface area contributed by atoms with E-state index in [1.807, 2.05) is 37.2 Å². The lowest BCUT2D eigenvalue weighted by atomic mass is 9.43. The Bertz CT molecular complexity index is 1110. The Morgan fingerprint density at radius 2 is 1.97 bits per heavy atom. The highest BCUT2D eigenvalue weighted by molar-refractivity contribution is 5.84. The van der Waals surface area contributed by atoms with Crippen molar-refractivity contribution in [1.82, 2.24) is 14.8 Å². The molecule has 0 spiro atoms. The van der Waals surface area contributed by atoms with E-state index in [1.54, 1.807) is 6.20 Å². The fourth-order valence-corrected chi connectivity index (χ4v) is 9.61. The smallest absolute Gasteiger partial charge is 0.157 e. The number of rotatable bonds is 5. The van der Waals surface area contributed by atoms with E-state index in [2.05, 4.69) is 17.0 Å².